The van der Waals surface area contributed by atoms with Crippen molar-refractivity contribution >= 4 is 23.3 Å². The van der Waals surface area contributed by atoms with Gasteiger partial charge >= 0.3 is 12.3 Å². The average Bonchev–Trinajstić information content (AvgIpc) is 2.60. The maximum Gasteiger partial charge on any atom is 0.573 e. The highest BCUT2D eigenvalue weighted by Crippen LogP contribution is 2.23. The van der Waals surface area contributed by atoms with Crippen LogP contribution in [0.4, 0.5) is 24.5 Å². The first kappa shape index (κ1) is 20.1. The zero-order valence-corrected chi connectivity index (χ0v) is 14.5. The number of carbonyl (C=O) groups excluding carboxylic acids is 2. The zero-order chi connectivity index (χ0) is 20.0. The predicted molar refractivity (Wildman–Crippen MR) is 92.8 cm³/mol. The van der Waals surface area contributed by atoms with Crippen molar-refractivity contribution in [2.24, 2.45) is 0 Å². The minimum Gasteiger partial charge on any atom is -0.452 e. The van der Waals surface area contributed by atoms with Crippen molar-refractivity contribution in [1.82, 2.24) is 0 Å². The van der Waals surface area contributed by atoms with Crippen molar-refractivity contribution in [2.45, 2.75) is 6.36 Å². The fourth-order valence-electron chi connectivity index (χ4n) is 2.05. The first-order valence-corrected chi connectivity index (χ1v) is 7.74. The molecule has 1 amide bonds. The Morgan fingerprint density at radius 3 is 2.11 bits per heavy atom. The van der Waals surface area contributed by atoms with E-state index in [1.807, 2.05) is 19.0 Å². The van der Waals surface area contributed by atoms with E-state index < -0.39 is 30.6 Å². The van der Waals surface area contributed by atoms with Crippen LogP contribution in [0.15, 0.2) is 48.5 Å². The van der Waals surface area contributed by atoms with E-state index in [0.717, 1.165) is 17.8 Å². The normalized spacial score (nSPS) is 10.9. The third-order valence-electron chi connectivity index (χ3n) is 3.33. The zero-order valence-electron chi connectivity index (χ0n) is 14.5. The molecule has 0 radical (unpaired) electrons. The summed E-state index contributed by atoms with van der Waals surface area (Å²) < 4.78 is 44.9. The van der Waals surface area contributed by atoms with E-state index in [2.05, 4.69) is 10.1 Å². The standard InChI is InChI=1S/C18H17F3N2O4/c1-23(2)14-7-3-12(4-8-14)17(25)26-11-16(24)22-13-5-9-15(10-6-13)27-18(19,20)21/h3-10H,11H2,1-2H3,(H,22,24). The number of esters is 1. The van der Waals surface area contributed by atoms with Crippen molar-refractivity contribution in [3.63, 3.8) is 0 Å². The number of hydrogen-bond donors (Lipinski definition) is 1. The minimum atomic E-state index is -4.79. The van der Waals surface area contributed by atoms with Crippen LogP contribution in [-0.4, -0.2) is 38.9 Å². The summed E-state index contributed by atoms with van der Waals surface area (Å²) in [6, 6.07) is 11.2. The highest BCUT2D eigenvalue weighted by Gasteiger charge is 2.30. The molecule has 0 atom stereocenters. The molecule has 0 spiro atoms. The molecular formula is C18H17F3N2O4. The van der Waals surface area contributed by atoms with Gasteiger partial charge < -0.3 is 19.7 Å². The van der Waals surface area contributed by atoms with Crippen LogP contribution in [0.25, 0.3) is 0 Å². The molecule has 0 aromatic heterocycles. The van der Waals surface area contributed by atoms with Crippen LogP contribution >= 0.6 is 0 Å². The van der Waals surface area contributed by atoms with E-state index in [-0.39, 0.29) is 5.69 Å². The van der Waals surface area contributed by atoms with E-state index in [0.29, 0.717) is 5.56 Å². The Labute approximate surface area is 153 Å². The summed E-state index contributed by atoms with van der Waals surface area (Å²) in [6.45, 7) is -0.533. The number of rotatable bonds is 6. The van der Waals surface area contributed by atoms with E-state index in [1.165, 1.54) is 12.1 Å². The largest absolute Gasteiger partial charge is 0.573 e. The molecule has 27 heavy (non-hydrogen) atoms. The number of carbonyl (C=O) groups is 2. The molecule has 144 valence electrons. The molecule has 0 aliphatic rings. The van der Waals surface area contributed by atoms with Crippen molar-refractivity contribution < 1.29 is 32.2 Å². The summed E-state index contributed by atoms with van der Waals surface area (Å²) >= 11 is 0. The van der Waals surface area contributed by atoms with Crippen LogP contribution in [0.1, 0.15) is 10.4 Å². The quantitative estimate of drug-likeness (QED) is 0.776. The fraction of sp³-hybridized carbons (Fsp3) is 0.222. The molecule has 2 rings (SSSR count). The van der Waals surface area contributed by atoms with Gasteiger partial charge in [-0.15, -0.1) is 13.2 Å². The lowest BCUT2D eigenvalue weighted by molar-refractivity contribution is -0.274. The Hall–Kier alpha value is -3.23. The second kappa shape index (κ2) is 8.43. The summed E-state index contributed by atoms with van der Waals surface area (Å²) in [5.41, 5.74) is 1.44. The first-order valence-electron chi connectivity index (χ1n) is 7.74. The van der Waals surface area contributed by atoms with Crippen molar-refractivity contribution in [2.75, 3.05) is 30.9 Å². The molecule has 0 fully saturated rings. The van der Waals surface area contributed by atoms with Gasteiger partial charge in [-0.1, -0.05) is 0 Å². The summed E-state index contributed by atoms with van der Waals surface area (Å²) in [5.74, 6) is -1.70. The Morgan fingerprint density at radius 2 is 1.59 bits per heavy atom. The highest BCUT2D eigenvalue weighted by molar-refractivity contribution is 5.95. The number of halogens is 3. The number of ether oxygens (including phenoxy) is 2. The molecular weight excluding hydrogens is 365 g/mol. The van der Waals surface area contributed by atoms with Crippen molar-refractivity contribution in [1.29, 1.82) is 0 Å². The third-order valence-corrected chi connectivity index (χ3v) is 3.33. The lowest BCUT2D eigenvalue weighted by Gasteiger charge is -2.12. The van der Waals surface area contributed by atoms with Gasteiger partial charge in [-0.05, 0) is 48.5 Å². The molecule has 0 unspecified atom stereocenters. The number of nitrogens with one attached hydrogen (secondary N) is 1. The van der Waals surface area contributed by atoms with Crippen LogP contribution in [0.2, 0.25) is 0 Å². The number of hydrogen-bond acceptors (Lipinski definition) is 5. The molecule has 0 saturated heterocycles. The van der Waals surface area contributed by atoms with Crippen LogP contribution < -0.4 is 15.0 Å². The molecule has 0 aliphatic heterocycles. The molecule has 0 bridgehead atoms. The Kier molecular flexibility index (Phi) is 6.27. The summed E-state index contributed by atoms with van der Waals surface area (Å²) in [4.78, 5) is 25.6. The van der Waals surface area contributed by atoms with E-state index >= 15 is 0 Å². The van der Waals surface area contributed by atoms with Gasteiger partial charge in [0, 0.05) is 25.5 Å². The maximum absolute atomic E-state index is 12.1. The SMILES string of the molecule is CN(C)c1ccc(C(=O)OCC(=O)Nc2ccc(OC(F)(F)F)cc2)cc1. The molecule has 0 aliphatic carbocycles. The number of benzene rings is 2. The topological polar surface area (TPSA) is 67.9 Å². The molecule has 0 heterocycles. The van der Waals surface area contributed by atoms with Crippen LogP contribution in [-0.2, 0) is 9.53 Å². The third kappa shape index (κ3) is 6.53. The number of alkyl halides is 3. The lowest BCUT2D eigenvalue weighted by Crippen LogP contribution is -2.21. The van der Waals surface area contributed by atoms with Gasteiger partial charge in [0.15, 0.2) is 6.61 Å². The lowest BCUT2D eigenvalue weighted by atomic mass is 10.2. The Balaban J connectivity index is 1.84. The van der Waals surface area contributed by atoms with Crippen LogP contribution in [0, 0.1) is 0 Å². The van der Waals surface area contributed by atoms with Crippen LogP contribution in [0.5, 0.6) is 5.75 Å². The maximum atomic E-state index is 12.1. The fourth-order valence-corrected chi connectivity index (χ4v) is 2.05. The molecule has 9 heteroatoms. The highest BCUT2D eigenvalue weighted by atomic mass is 19.4. The number of nitrogens with zero attached hydrogens (tertiary/aromatic N) is 1. The van der Waals surface area contributed by atoms with E-state index in [9.17, 15) is 22.8 Å². The number of anilines is 2. The van der Waals surface area contributed by atoms with Gasteiger partial charge in [0.05, 0.1) is 5.56 Å². The molecule has 2 aromatic rings. The van der Waals surface area contributed by atoms with Gasteiger partial charge in [-0.25, -0.2) is 4.79 Å². The van der Waals surface area contributed by atoms with Gasteiger partial charge in [-0.2, -0.15) is 0 Å². The van der Waals surface area contributed by atoms with Crippen molar-refractivity contribution in [3.8, 4) is 5.75 Å². The average molecular weight is 382 g/mol. The van der Waals surface area contributed by atoms with Gasteiger partial charge in [0.2, 0.25) is 0 Å². The number of amides is 1. The molecule has 1 N–H and O–H groups in total. The van der Waals surface area contributed by atoms with Crippen LogP contribution in [0.3, 0.4) is 0 Å². The van der Waals surface area contributed by atoms with Crippen molar-refractivity contribution in [3.05, 3.63) is 54.1 Å². The molecule has 0 saturated carbocycles. The summed E-state index contributed by atoms with van der Waals surface area (Å²) in [5, 5.41) is 2.40. The Morgan fingerprint density at radius 1 is 1.00 bits per heavy atom. The molecule has 6 nitrogen and oxygen atoms in total. The predicted octanol–water partition coefficient (Wildman–Crippen LogP) is 3.45. The molecule has 2 aromatic carbocycles. The van der Waals surface area contributed by atoms with E-state index in [1.54, 1.807) is 24.3 Å². The van der Waals surface area contributed by atoms with E-state index in [4.69, 9.17) is 4.74 Å². The van der Waals surface area contributed by atoms with Gasteiger partial charge in [0.1, 0.15) is 5.75 Å². The second-order valence-corrected chi connectivity index (χ2v) is 5.64. The second-order valence-electron chi connectivity index (χ2n) is 5.64. The smallest absolute Gasteiger partial charge is 0.452 e. The summed E-state index contributed by atoms with van der Waals surface area (Å²) in [6.07, 6.45) is -4.79. The Bertz CT molecular complexity index is 788. The monoisotopic (exact) mass is 382 g/mol. The van der Waals surface area contributed by atoms with Gasteiger partial charge in [-0.3, -0.25) is 4.79 Å². The summed E-state index contributed by atoms with van der Waals surface area (Å²) in [7, 11) is 3.72. The van der Waals surface area contributed by atoms with Gasteiger partial charge in [0.25, 0.3) is 5.91 Å². The first-order chi connectivity index (χ1) is 12.6. The minimum absolute atomic E-state index is 0.237.